The standard InChI is InChI=1S/C12H11N5O/c1-8-7-10(18)17-12(13-8)15-11(16-17)14-9-5-3-2-4-6-9/h2-7,18H,1H3,(H,14,16). The van der Waals surface area contributed by atoms with Crippen molar-refractivity contribution in [1.29, 1.82) is 0 Å². The minimum absolute atomic E-state index is 0.0195. The van der Waals surface area contributed by atoms with E-state index in [9.17, 15) is 5.11 Å². The third-order valence-electron chi connectivity index (χ3n) is 2.45. The van der Waals surface area contributed by atoms with Gasteiger partial charge in [0.1, 0.15) is 0 Å². The zero-order valence-electron chi connectivity index (χ0n) is 9.70. The summed E-state index contributed by atoms with van der Waals surface area (Å²) in [6.45, 7) is 1.79. The second-order valence-electron chi connectivity index (χ2n) is 3.89. The second kappa shape index (κ2) is 3.99. The van der Waals surface area contributed by atoms with Gasteiger partial charge in [-0.25, -0.2) is 4.98 Å². The van der Waals surface area contributed by atoms with Crippen molar-refractivity contribution in [2.45, 2.75) is 6.92 Å². The largest absolute Gasteiger partial charge is 0.493 e. The van der Waals surface area contributed by atoms with Crippen LogP contribution in [0, 0.1) is 6.92 Å². The highest BCUT2D eigenvalue weighted by Crippen LogP contribution is 2.16. The molecule has 0 radical (unpaired) electrons. The van der Waals surface area contributed by atoms with E-state index in [4.69, 9.17) is 0 Å². The first-order chi connectivity index (χ1) is 8.72. The molecule has 6 heteroatoms. The van der Waals surface area contributed by atoms with Crippen LogP contribution < -0.4 is 5.32 Å². The number of aromatic hydroxyl groups is 1. The summed E-state index contributed by atoms with van der Waals surface area (Å²) in [4.78, 5) is 8.39. The van der Waals surface area contributed by atoms with E-state index in [1.165, 1.54) is 10.6 Å². The first-order valence-corrected chi connectivity index (χ1v) is 5.48. The Hall–Kier alpha value is -2.63. The molecule has 0 amide bonds. The first-order valence-electron chi connectivity index (χ1n) is 5.48. The van der Waals surface area contributed by atoms with Gasteiger partial charge in [0, 0.05) is 17.4 Å². The van der Waals surface area contributed by atoms with Gasteiger partial charge in [0.15, 0.2) is 0 Å². The van der Waals surface area contributed by atoms with E-state index in [0.29, 0.717) is 17.4 Å². The van der Waals surface area contributed by atoms with Gasteiger partial charge in [0.2, 0.25) is 11.8 Å². The van der Waals surface area contributed by atoms with Crippen LogP contribution in [0.3, 0.4) is 0 Å². The first kappa shape index (κ1) is 10.5. The number of hydrogen-bond donors (Lipinski definition) is 2. The van der Waals surface area contributed by atoms with E-state index in [1.54, 1.807) is 6.92 Å². The molecule has 6 nitrogen and oxygen atoms in total. The predicted octanol–water partition coefficient (Wildman–Crippen LogP) is 1.88. The summed E-state index contributed by atoms with van der Waals surface area (Å²) in [6.07, 6.45) is 0. The van der Waals surface area contributed by atoms with Gasteiger partial charge in [-0.15, -0.1) is 5.10 Å². The molecule has 0 aliphatic carbocycles. The summed E-state index contributed by atoms with van der Waals surface area (Å²) >= 11 is 0. The fourth-order valence-corrected chi connectivity index (χ4v) is 1.67. The normalized spacial score (nSPS) is 10.7. The molecule has 0 aliphatic rings. The molecule has 0 atom stereocenters. The lowest BCUT2D eigenvalue weighted by molar-refractivity contribution is 0.434. The molecular formula is C12H11N5O. The fraction of sp³-hybridized carbons (Fsp3) is 0.0833. The van der Waals surface area contributed by atoms with Crippen LogP contribution in [0.2, 0.25) is 0 Å². The highest BCUT2D eigenvalue weighted by atomic mass is 16.3. The smallest absolute Gasteiger partial charge is 0.257 e. The molecule has 0 saturated heterocycles. The van der Waals surface area contributed by atoms with Crippen molar-refractivity contribution in [2.75, 3.05) is 5.32 Å². The number of benzene rings is 1. The number of anilines is 2. The molecule has 0 unspecified atom stereocenters. The summed E-state index contributed by atoms with van der Waals surface area (Å²) < 4.78 is 1.29. The van der Waals surface area contributed by atoms with E-state index in [0.717, 1.165) is 5.69 Å². The van der Waals surface area contributed by atoms with Crippen molar-refractivity contribution in [3.63, 3.8) is 0 Å². The Labute approximate surface area is 103 Å². The highest BCUT2D eigenvalue weighted by molar-refractivity contribution is 5.54. The van der Waals surface area contributed by atoms with Gasteiger partial charge in [-0.1, -0.05) is 18.2 Å². The molecule has 2 heterocycles. The predicted molar refractivity (Wildman–Crippen MR) is 66.9 cm³/mol. The molecule has 0 spiro atoms. The number of aryl methyl sites for hydroxylation is 1. The number of nitrogens with zero attached hydrogens (tertiary/aromatic N) is 4. The lowest BCUT2D eigenvalue weighted by Crippen LogP contribution is -1.94. The van der Waals surface area contributed by atoms with E-state index >= 15 is 0 Å². The van der Waals surface area contributed by atoms with Gasteiger partial charge in [0.25, 0.3) is 5.78 Å². The number of para-hydroxylation sites is 1. The minimum Gasteiger partial charge on any atom is -0.493 e. The molecule has 3 aromatic rings. The van der Waals surface area contributed by atoms with Crippen LogP contribution in [0.4, 0.5) is 11.6 Å². The van der Waals surface area contributed by atoms with Crippen LogP contribution in [-0.2, 0) is 0 Å². The summed E-state index contributed by atoms with van der Waals surface area (Å²) in [6, 6.07) is 11.1. The monoisotopic (exact) mass is 241 g/mol. The number of aromatic nitrogens is 4. The quantitative estimate of drug-likeness (QED) is 0.716. The van der Waals surface area contributed by atoms with Crippen LogP contribution in [0.25, 0.3) is 5.78 Å². The van der Waals surface area contributed by atoms with Crippen molar-refractivity contribution in [3.05, 3.63) is 42.1 Å². The van der Waals surface area contributed by atoms with Gasteiger partial charge in [0.05, 0.1) is 0 Å². The summed E-state index contributed by atoms with van der Waals surface area (Å²) in [5.74, 6) is 0.784. The van der Waals surface area contributed by atoms with Crippen LogP contribution in [0.1, 0.15) is 5.69 Å². The van der Waals surface area contributed by atoms with Crippen molar-refractivity contribution >= 4 is 17.4 Å². The lowest BCUT2D eigenvalue weighted by atomic mass is 10.3. The van der Waals surface area contributed by atoms with Crippen LogP contribution in [0.15, 0.2) is 36.4 Å². The Balaban J connectivity index is 2.01. The van der Waals surface area contributed by atoms with Crippen LogP contribution in [-0.4, -0.2) is 24.7 Å². The maximum absolute atomic E-state index is 9.72. The molecule has 1 aromatic carbocycles. The van der Waals surface area contributed by atoms with E-state index < -0.39 is 0 Å². The summed E-state index contributed by atoms with van der Waals surface area (Å²) in [5.41, 5.74) is 1.57. The number of rotatable bonds is 2. The second-order valence-corrected chi connectivity index (χ2v) is 3.89. The summed E-state index contributed by atoms with van der Waals surface area (Å²) in [7, 11) is 0. The molecule has 0 aliphatic heterocycles. The van der Waals surface area contributed by atoms with Gasteiger partial charge in [-0.05, 0) is 19.1 Å². The van der Waals surface area contributed by atoms with Gasteiger partial charge in [-0.2, -0.15) is 9.50 Å². The zero-order valence-corrected chi connectivity index (χ0v) is 9.70. The lowest BCUT2D eigenvalue weighted by Gasteiger charge is -1.99. The molecule has 0 bridgehead atoms. The minimum atomic E-state index is 0.0195. The third-order valence-corrected chi connectivity index (χ3v) is 2.45. The molecule has 0 saturated carbocycles. The molecule has 0 fully saturated rings. The Morgan fingerprint density at radius 2 is 1.94 bits per heavy atom. The average Bonchev–Trinajstić information content (AvgIpc) is 2.73. The Bertz CT molecular complexity index is 692. The maximum Gasteiger partial charge on any atom is 0.257 e. The SMILES string of the molecule is Cc1cc(O)n2nc(Nc3ccccc3)nc2n1. The average molecular weight is 241 g/mol. The zero-order chi connectivity index (χ0) is 12.5. The third kappa shape index (κ3) is 1.84. The Morgan fingerprint density at radius 1 is 1.17 bits per heavy atom. The molecule has 18 heavy (non-hydrogen) atoms. The van der Waals surface area contributed by atoms with E-state index in [-0.39, 0.29) is 5.88 Å². The van der Waals surface area contributed by atoms with Crippen molar-refractivity contribution in [1.82, 2.24) is 19.6 Å². The van der Waals surface area contributed by atoms with Gasteiger partial charge < -0.3 is 10.4 Å². The molecule has 90 valence electrons. The highest BCUT2D eigenvalue weighted by Gasteiger charge is 2.08. The molecular weight excluding hydrogens is 230 g/mol. The summed E-state index contributed by atoms with van der Waals surface area (Å²) in [5, 5.41) is 16.9. The number of fused-ring (bicyclic) bond motifs is 1. The Morgan fingerprint density at radius 3 is 2.72 bits per heavy atom. The number of hydrogen-bond acceptors (Lipinski definition) is 5. The maximum atomic E-state index is 9.72. The fourth-order valence-electron chi connectivity index (χ4n) is 1.67. The van der Waals surface area contributed by atoms with Crippen molar-refractivity contribution < 1.29 is 5.11 Å². The van der Waals surface area contributed by atoms with Crippen molar-refractivity contribution in [2.24, 2.45) is 0 Å². The van der Waals surface area contributed by atoms with Gasteiger partial charge in [-0.3, -0.25) is 0 Å². The molecule has 2 aromatic heterocycles. The van der Waals surface area contributed by atoms with Crippen LogP contribution in [0.5, 0.6) is 5.88 Å². The van der Waals surface area contributed by atoms with Crippen molar-refractivity contribution in [3.8, 4) is 5.88 Å². The Kier molecular flexibility index (Phi) is 2.33. The van der Waals surface area contributed by atoms with Crippen LogP contribution >= 0.6 is 0 Å². The topological polar surface area (TPSA) is 75.3 Å². The number of nitrogens with one attached hydrogen (secondary N) is 1. The van der Waals surface area contributed by atoms with Gasteiger partial charge >= 0.3 is 0 Å². The van der Waals surface area contributed by atoms with E-state index in [1.807, 2.05) is 30.3 Å². The molecule has 2 N–H and O–H groups in total. The van der Waals surface area contributed by atoms with E-state index in [2.05, 4.69) is 20.4 Å². The molecule has 3 rings (SSSR count).